The Morgan fingerprint density at radius 1 is 1.43 bits per heavy atom. The lowest BCUT2D eigenvalue weighted by Gasteiger charge is -2.16. The molecule has 112 valence electrons. The Morgan fingerprint density at radius 2 is 2.24 bits per heavy atom. The van der Waals surface area contributed by atoms with Crippen LogP contribution in [0, 0.1) is 0 Å². The van der Waals surface area contributed by atoms with E-state index in [1.165, 1.54) is 6.20 Å². The molecule has 2 aromatic rings. The van der Waals surface area contributed by atoms with Crippen molar-refractivity contribution in [2.24, 2.45) is 0 Å². The topological polar surface area (TPSA) is 56.1 Å². The summed E-state index contributed by atoms with van der Waals surface area (Å²) in [6, 6.07) is 8.07. The fourth-order valence-electron chi connectivity index (χ4n) is 2.15. The second-order valence-corrected chi connectivity index (χ2v) is 4.84. The van der Waals surface area contributed by atoms with Gasteiger partial charge in [-0.25, -0.2) is 9.78 Å². The van der Waals surface area contributed by atoms with E-state index in [1.807, 2.05) is 26.1 Å². The summed E-state index contributed by atoms with van der Waals surface area (Å²) < 4.78 is 7.24. The molecule has 0 fully saturated rings. The first-order valence-corrected chi connectivity index (χ1v) is 7.10. The van der Waals surface area contributed by atoms with E-state index in [-0.39, 0.29) is 11.7 Å². The Morgan fingerprint density at radius 3 is 2.90 bits per heavy atom. The van der Waals surface area contributed by atoms with Crippen molar-refractivity contribution in [1.29, 1.82) is 0 Å². The molecule has 0 spiro atoms. The molecule has 5 nitrogen and oxygen atoms in total. The molecule has 5 heteroatoms. The summed E-state index contributed by atoms with van der Waals surface area (Å²) in [5.41, 5.74) is 1.88. The van der Waals surface area contributed by atoms with Crippen LogP contribution in [0.4, 0.5) is 0 Å². The minimum Gasteiger partial charge on any atom is -0.494 e. The van der Waals surface area contributed by atoms with Crippen molar-refractivity contribution in [3.63, 3.8) is 0 Å². The van der Waals surface area contributed by atoms with Crippen LogP contribution < -0.4 is 15.7 Å². The van der Waals surface area contributed by atoms with Gasteiger partial charge in [0.15, 0.2) is 0 Å². The zero-order valence-corrected chi connectivity index (χ0v) is 12.7. The fraction of sp³-hybridized carbons (Fsp3) is 0.375. The van der Waals surface area contributed by atoms with E-state index in [1.54, 1.807) is 16.8 Å². The second kappa shape index (κ2) is 7.04. The van der Waals surface area contributed by atoms with Gasteiger partial charge in [-0.05, 0) is 44.7 Å². The van der Waals surface area contributed by atoms with Gasteiger partial charge in [-0.3, -0.25) is 4.57 Å². The third-order valence-corrected chi connectivity index (χ3v) is 3.44. The highest BCUT2D eigenvalue weighted by molar-refractivity contribution is 5.38. The van der Waals surface area contributed by atoms with Crippen LogP contribution >= 0.6 is 0 Å². The van der Waals surface area contributed by atoms with Crippen molar-refractivity contribution >= 4 is 0 Å². The maximum atomic E-state index is 11.8. The highest BCUT2D eigenvalue weighted by atomic mass is 16.5. The van der Waals surface area contributed by atoms with Gasteiger partial charge in [0.25, 0.3) is 0 Å². The number of benzene rings is 1. The molecule has 1 atom stereocenters. The van der Waals surface area contributed by atoms with Crippen molar-refractivity contribution in [1.82, 2.24) is 14.9 Å². The zero-order chi connectivity index (χ0) is 15.2. The lowest BCUT2D eigenvalue weighted by Crippen LogP contribution is -2.22. The van der Waals surface area contributed by atoms with Gasteiger partial charge in [0.2, 0.25) is 0 Å². The van der Waals surface area contributed by atoms with Gasteiger partial charge < -0.3 is 10.1 Å². The summed E-state index contributed by atoms with van der Waals surface area (Å²) in [4.78, 5) is 15.5. The predicted octanol–water partition coefficient (Wildman–Crippen LogP) is 1.97. The Balaban J connectivity index is 2.39. The fourth-order valence-corrected chi connectivity index (χ4v) is 2.15. The molecule has 0 amide bonds. The molecule has 1 aromatic carbocycles. The molecule has 0 aliphatic heterocycles. The summed E-state index contributed by atoms with van der Waals surface area (Å²) >= 11 is 0. The Bertz CT molecular complexity index is 652. The number of nitrogens with zero attached hydrogens (tertiary/aromatic N) is 2. The van der Waals surface area contributed by atoms with Crippen molar-refractivity contribution in [3.05, 3.63) is 58.3 Å². The molecule has 0 aliphatic carbocycles. The van der Waals surface area contributed by atoms with E-state index in [2.05, 4.69) is 23.3 Å². The molecule has 1 aromatic heterocycles. The van der Waals surface area contributed by atoms with Crippen LogP contribution in [0.5, 0.6) is 5.75 Å². The maximum absolute atomic E-state index is 11.8. The van der Waals surface area contributed by atoms with Gasteiger partial charge >= 0.3 is 5.69 Å². The van der Waals surface area contributed by atoms with E-state index in [0.717, 1.165) is 16.9 Å². The van der Waals surface area contributed by atoms with Crippen LogP contribution in [0.3, 0.4) is 0 Å². The number of aromatic nitrogens is 2. The summed E-state index contributed by atoms with van der Waals surface area (Å²) in [5.74, 6) is 0.806. The molecule has 21 heavy (non-hydrogen) atoms. The third kappa shape index (κ3) is 3.70. The zero-order valence-electron chi connectivity index (χ0n) is 12.7. The van der Waals surface area contributed by atoms with Crippen LogP contribution in [0.2, 0.25) is 0 Å². The van der Waals surface area contributed by atoms with E-state index in [0.29, 0.717) is 13.2 Å². The molecule has 0 radical (unpaired) electrons. The molecule has 0 aliphatic rings. The largest absolute Gasteiger partial charge is 0.494 e. The number of hydrogen-bond acceptors (Lipinski definition) is 4. The van der Waals surface area contributed by atoms with Crippen LogP contribution in [-0.2, 0) is 6.54 Å². The molecule has 1 heterocycles. The van der Waals surface area contributed by atoms with Gasteiger partial charge in [0.05, 0.1) is 13.2 Å². The summed E-state index contributed by atoms with van der Waals surface area (Å²) in [5, 5.41) is 3.21. The SMILES string of the molecule is CCOc1ccc(C(C)NC)cc1Cn1cccnc1=O. The van der Waals surface area contributed by atoms with Crippen molar-refractivity contribution in [3.8, 4) is 5.75 Å². The standard InChI is InChI=1S/C16H21N3O2/c1-4-21-15-7-6-13(12(2)17-3)10-14(15)11-19-9-5-8-18-16(19)20/h5-10,12,17H,4,11H2,1-3H3. The van der Waals surface area contributed by atoms with Crippen molar-refractivity contribution in [2.75, 3.05) is 13.7 Å². The molecule has 0 saturated heterocycles. The van der Waals surface area contributed by atoms with E-state index >= 15 is 0 Å². The molecule has 0 saturated carbocycles. The first-order valence-electron chi connectivity index (χ1n) is 7.10. The quantitative estimate of drug-likeness (QED) is 0.882. The molecule has 1 N–H and O–H groups in total. The van der Waals surface area contributed by atoms with Crippen molar-refractivity contribution < 1.29 is 4.74 Å². The second-order valence-electron chi connectivity index (χ2n) is 4.84. The summed E-state index contributed by atoms with van der Waals surface area (Å²) in [7, 11) is 1.92. The Kier molecular flexibility index (Phi) is 5.11. The molecular formula is C16H21N3O2. The minimum absolute atomic E-state index is 0.241. The lowest BCUT2D eigenvalue weighted by atomic mass is 10.0. The van der Waals surface area contributed by atoms with Gasteiger partial charge in [0, 0.05) is 24.0 Å². The van der Waals surface area contributed by atoms with Gasteiger partial charge in [-0.2, -0.15) is 0 Å². The first-order chi connectivity index (χ1) is 10.2. The monoisotopic (exact) mass is 287 g/mol. The highest BCUT2D eigenvalue weighted by Crippen LogP contribution is 2.24. The van der Waals surface area contributed by atoms with Gasteiger partial charge in [-0.1, -0.05) is 6.07 Å². The maximum Gasteiger partial charge on any atom is 0.347 e. The van der Waals surface area contributed by atoms with Gasteiger partial charge in [0.1, 0.15) is 5.75 Å². The van der Waals surface area contributed by atoms with Crippen LogP contribution in [0.1, 0.15) is 31.0 Å². The average Bonchev–Trinajstić information content (AvgIpc) is 2.50. The Labute approximate surface area is 124 Å². The van der Waals surface area contributed by atoms with E-state index < -0.39 is 0 Å². The molecule has 0 bridgehead atoms. The molecule has 1 unspecified atom stereocenters. The summed E-state index contributed by atoms with van der Waals surface area (Å²) in [6.45, 7) is 5.09. The number of rotatable bonds is 6. The minimum atomic E-state index is -0.257. The number of hydrogen-bond donors (Lipinski definition) is 1. The van der Waals surface area contributed by atoms with Crippen LogP contribution in [-0.4, -0.2) is 23.2 Å². The van der Waals surface area contributed by atoms with Crippen molar-refractivity contribution in [2.45, 2.75) is 26.4 Å². The Hall–Kier alpha value is -2.14. The van der Waals surface area contributed by atoms with Crippen LogP contribution in [0.15, 0.2) is 41.5 Å². The van der Waals surface area contributed by atoms with E-state index in [4.69, 9.17) is 4.74 Å². The van der Waals surface area contributed by atoms with Gasteiger partial charge in [-0.15, -0.1) is 0 Å². The van der Waals surface area contributed by atoms with E-state index in [9.17, 15) is 4.79 Å². The third-order valence-electron chi connectivity index (χ3n) is 3.44. The average molecular weight is 287 g/mol. The number of ether oxygens (including phenoxy) is 1. The summed E-state index contributed by atoms with van der Waals surface area (Å²) in [6.07, 6.45) is 3.24. The highest BCUT2D eigenvalue weighted by Gasteiger charge is 2.10. The molecular weight excluding hydrogens is 266 g/mol. The predicted molar refractivity (Wildman–Crippen MR) is 82.7 cm³/mol. The molecule has 2 rings (SSSR count). The normalized spacial score (nSPS) is 12.1. The lowest BCUT2D eigenvalue weighted by molar-refractivity contribution is 0.335. The smallest absolute Gasteiger partial charge is 0.347 e. The first kappa shape index (κ1) is 15.3. The number of nitrogens with one attached hydrogen (secondary N) is 1. The van der Waals surface area contributed by atoms with Crippen LogP contribution in [0.25, 0.3) is 0 Å².